The summed E-state index contributed by atoms with van der Waals surface area (Å²) in [6.45, 7) is 5.34. The van der Waals surface area contributed by atoms with E-state index in [0.29, 0.717) is 50.1 Å². The molecule has 9 nitrogen and oxygen atoms in total. The molecule has 0 bridgehead atoms. The Kier molecular flexibility index (Phi) is 4.73. The fourth-order valence-corrected chi connectivity index (χ4v) is 3.16. The summed E-state index contributed by atoms with van der Waals surface area (Å²) in [5.41, 5.74) is 1.48. The van der Waals surface area contributed by atoms with Gasteiger partial charge < -0.3 is 9.80 Å². The van der Waals surface area contributed by atoms with Gasteiger partial charge >= 0.3 is 0 Å². The fourth-order valence-electron chi connectivity index (χ4n) is 3.16. The second-order valence-electron chi connectivity index (χ2n) is 6.23. The number of anilines is 1. The van der Waals surface area contributed by atoms with Crippen molar-refractivity contribution < 1.29 is 4.79 Å². The number of carbonyl (C=O) groups is 1. The number of piperazine rings is 1. The quantitative estimate of drug-likeness (QED) is 0.685. The van der Waals surface area contributed by atoms with Crippen LogP contribution in [0, 0.1) is 0 Å². The van der Waals surface area contributed by atoms with Gasteiger partial charge in [-0.1, -0.05) is 12.1 Å². The van der Waals surface area contributed by atoms with Crippen LogP contribution in [0.2, 0.25) is 0 Å². The molecular weight excluding hydrogens is 344 g/mol. The Morgan fingerprint density at radius 2 is 1.85 bits per heavy atom. The van der Waals surface area contributed by atoms with Crippen molar-refractivity contribution in [2.45, 2.75) is 13.5 Å². The van der Waals surface area contributed by atoms with Crippen LogP contribution in [-0.4, -0.2) is 67.2 Å². The molecule has 2 aromatic heterocycles. The molecule has 27 heavy (non-hydrogen) atoms. The molecule has 138 valence electrons. The Bertz CT molecular complexity index is 918. The van der Waals surface area contributed by atoms with Crippen molar-refractivity contribution in [2.75, 3.05) is 31.1 Å². The topological polar surface area (TPSA) is 92.9 Å². The highest BCUT2D eigenvalue weighted by Gasteiger charge is 2.23. The molecule has 3 heterocycles. The summed E-state index contributed by atoms with van der Waals surface area (Å²) < 4.78 is 1.71. The molecule has 0 aliphatic carbocycles. The van der Waals surface area contributed by atoms with E-state index < -0.39 is 0 Å². The predicted molar refractivity (Wildman–Crippen MR) is 99.1 cm³/mol. The minimum absolute atomic E-state index is 0.0148. The van der Waals surface area contributed by atoms with Crippen LogP contribution in [0.1, 0.15) is 17.3 Å². The Hall–Kier alpha value is -3.36. The predicted octanol–water partition coefficient (Wildman–Crippen LogP) is 1.11. The zero-order valence-corrected chi connectivity index (χ0v) is 15.1. The molecule has 1 fully saturated rings. The van der Waals surface area contributed by atoms with Crippen LogP contribution in [0.4, 0.5) is 5.95 Å². The lowest BCUT2D eigenvalue weighted by molar-refractivity contribution is 0.0746. The van der Waals surface area contributed by atoms with Crippen molar-refractivity contribution in [3.05, 3.63) is 48.3 Å². The van der Waals surface area contributed by atoms with Crippen LogP contribution in [0.25, 0.3) is 11.4 Å². The molecule has 9 heteroatoms. The largest absolute Gasteiger partial charge is 0.337 e. The number of nitrogens with zero attached hydrogens (tertiary/aromatic N) is 8. The molecule has 3 aromatic rings. The second kappa shape index (κ2) is 7.48. The third-order valence-electron chi connectivity index (χ3n) is 4.60. The second-order valence-corrected chi connectivity index (χ2v) is 6.23. The number of carbonyl (C=O) groups excluding carboxylic acids is 1. The van der Waals surface area contributed by atoms with Crippen molar-refractivity contribution in [1.82, 2.24) is 35.1 Å². The van der Waals surface area contributed by atoms with Crippen molar-refractivity contribution >= 4 is 11.9 Å². The van der Waals surface area contributed by atoms with Gasteiger partial charge in [-0.3, -0.25) is 4.79 Å². The smallest absolute Gasteiger partial charge is 0.253 e. The summed E-state index contributed by atoms with van der Waals surface area (Å²) in [5, 5.41) is 11.7. The highest BCUT2D eigenvalue weighted by molar-refractivity contribution is 5.95. The van der Waals surface area contributed by atoms with Crippen LogP contribution in [0.15, 0.2) is 42.7 Å². The maximum Gasteiger partial charge on any atom is 0.253 e. The van der Waals surface area contributed by atoms with E-state index in [0.717, 1.165) is 5.56 Å². The van der Waals surface area contributed by atoms with E-state index >= 15 is 0 Å². The molecule has 4 rings (SSSR count). The zero-order chi connectivity index (χ0) is 18.6. The lowest BCUT2D eigenvalue weighted by atomic mass is 10.1. The number of tetrazole rings is 1. The van der Waals surface area contributed by atoms with Gasteiger partial charge in [-0.25, -0.2) is 14.6 Å². The lowest BCUT2D eigenvalue weighted by Crippen LogP contribution is -2.49. The van der Waals surface area contributed by atoms with Crippen LogP contribution >= 0.6 is 0 Å². The number of rotatable bonds is 4. The van der Waals surface area contributed by atoms with E-state index in [-0.39, 0.29) is 5.91 Å². The minimum atomic E-state index is 0.0148. The number of benzene rings is 1. The summed E-state index contributed by atoms with van der Waals surface area (Å²) >= 11 is 0. The van der Waals surface area contributed by atoms with E-state index in [2.05, 4.69) is 30.4 Å². The van der Waals surface area contributed by atoms with E-state index in [1.54, 1.807) is 23.1 Å². The first-order valence-corrected chi connectivity index (χ1v) is 8.94. The van der Waals surface area contributed by atoms with Gasteiger partial charge in [0, 0.05) is 56.2 Å². The fraction of sp³-hybridized carbons (Fsp3) is 0.333. The molecule has 1 amide bonds. The highest BCUT2D eigenvalue weighted by Crippen LogP contribution is 2.19. The van der Waals surface area contributed by atoms with Gasteiger partial charge in [-0.05, 0) is 35.5 Å². The van der Waals surface area contributed by atoms with Gasteiger partial charge in [-0.2, -0.15) is 0 Å². The molecular formula is C18H20N8O. The van der Waals surface area contributed by atoms with Crippen LogP contribution in [-0.2, 0) is 6.54 Å². The van der Waals surface area contributed by atoms with Gasteiger partial charge in [0.05, 0.1) is 0 Å². The molecule has 1 aliphatic heterocycles. The number of amides is 1. The Morgan fingerprint density at radius 3 is 2.59 bits per heavy atom. The molecule has 0 radical (unpaired) electrons. The summed E-state index contributed by atoms with van der Waals surface area (Å²) in [6, 6.07) is 9.27. The average molecular weight is 364 g/mol. The third-order valence-corrected chi connectivity index (χ3v) is 4.60. The molecule has 0 spiro atoms. The first kappa shape index (κ1) is 17.1. The minimum Gasteiger partial charge on any atom is -0.337 e. The van der Waals surface area contributed by atoms with E-state index in [9.17, 15) is 4.79 Å². The van der Waals surface area contributed by atoms with Crippen LogP contribution < -0.4 is 4.90 Å². The Morgan fingerprint density at radius 1 is 1.07 bits per heavy atom. The Balaban J connectivity index is 1.47. The first-order chi connectivity index (χ1) is 13.3. The van der Waals surface area contributed by atoms with Crippen molar-refractivity contribution in [3.63, 3.8) is 0 Å². The standard InChI is InChI=1S/C18H20N8O/c1-2-26-16(21-22-23-26)14-5-3-6-15(13-14)17(27)24-9-11-25(12-10-24)18-19-7-4-8-20-18/h3-8,13H,2,9-12H2,1H3. The van der Waals surface area contributed by atoms with Crippen molar-refractivity contribution in [2.24, 2.45) is 0 Å². The van der Waals surface area contributed by atoms with E-state index in [1.807, 2.05) is 36.1 Å². The van der Waals surface area contributed by atoms with E-state index in [4.69, 9.17) is 0 Å². The highest BCUT2D eigenvalue weighted by atomic mass is 16.2. The SMILES string of the molecule is CCn1nnnc1-c1cccc(C(=O)N2CCN(c3ncccn3)CC2)c1. The normalized spacial score (nSPS) is 14.4. The van der Waals surface area contributed by atoms with Gasteiger partial charge in [0.2, 0.25) is 5.95 Å². The van der Waals surface area contributed by atoms with Crippen LogP contribution in [0.5, 0.6) is 0 Å². The average Bonchev–Trinajstić information content (AvgIpc) is 3.23. The summed E-state index contributed by atoms with van der Waals surface area (Å²) in [6.07, 6.45) is 3.46. The summed E-state index contributed by atoms with van der Waals surface area (Å²) in [4.78, 5) is 25.4. The first-order valence-electron chi connectivity index (χ1n) is 8.94. The van der Waals surface area contributed by atoms with Gasteiger partial charge in [-0.15, -0.1) is 5.10 Å². The summed E-state index contributed by atoms with van der Waals surface area (Å²) in [7, 11) is 0. The molecule has 1 aliphatic rings. The van der Waals surface area contributed by atoms with Gasteiger partial charge in [0.1, 0.15) is 0 Å². The van der Waals surface area contributed by atoms with Crippen molar-refractivity contribution in [3.8, 4) is 11.4 Å². The Labute approximate surface area is 156 Å². The van der Waals surface area contributed by atoms with Crippen LogP contribution in [0.3, 0.4) is 0 Å². The number of aryl methyl sites for hydroxylation is 1. The maximum atomic E-state index is 12.9. The molecule has 1 aromatic carbocycles. The van der Waals surface area contributed by atoms with Gasteiger partial charge in [0.25, 0.3) is 5.91 Å². The van der Waals surface area contributed by atoms with Crippen molar-refractivity contribution in [1.29, 1.82) is 0 Å². The zero-order valence-electron chi connectivity index (χ0n) is 15.1. The monoisotopic (exact) mass is 364 g/mol. The number of aromatic nitrogens is 6. The van der Waals surface area contributed by atoms with E-state index in [1.165, 1.54) is 0 Å². The maximum absolute atomic E-state index is 12.9. The summed E-state index contributed by atoms with van der Waals surface area (Å²) in [5.74, 6) is 1.39. The lowest BCUT2D eigenvalue weighted by Gasteiger charge is -2.34. The molecule has 0 saturated carbocycles. The number of hydrogen-bond acceptors (Lipinski definition) is 7. The molecule has 1 saturated heterocycles. The molecule has 0 unspecified atom stereocenters. The molecule has 0 N–H and O–H groups in total. The third kappa shape index (κ3) is 3.48. The number of hydrogen-bond donors (Lipinski definition) is 0. The van der Waals surface area contributed by atoms with Gasteiger partial charge in [0.15, 0.2) is 5.82 Å². The molecule has 0 atom stereocenters.